The van der Waals surface area contributed by atoms with Crippen molar-refractivity contribution < 1.29 is 14.4 Å². The van der Waals surface area contributed by atoms with E-state index in [1.54, 1.807) is 29.2 Å². The van der Waals surface area contributed by atoms with Gasteiger partial charge in [0.05, 0.1) is 0 Å². The summed E-state index contributed by atoms with van der Waals surface area (Å²) in [7, 11) is 0. The van der Waals surface area contributed by atoms with Crippen molar-refractivity contribution in [2.45, 2.75) is 52.9 Å². The molecule has 0 bridgehead atoms. The highest BCUT2D eigenvalue weighted by molar-refractivity contribution is 6.30. The third-order valence-corrected chi connectivity index (χ3v) is 6.39. The lowest BCUT2D eigenvalue weighted by Crippen LogP contribution is -2.44. The van der Waals surface area contributed by atoms with Crippen LogP contribution in [0.25, 0.3) is 0 Å². The van der Waals surface area contributed by atoms with E-state index in [2.05, 4.69) is 33.0 Å². The van der Waals surface area contributed by atoms with Crippen LogP contribution in [0.5, 0.6) is 0 Å². The number of amides is 4. The van der Waals surface area contributed by atoms with Gasteiger partial charge in [-0.3, -0.25) is 14.5 Å². The number of benzene rings is 2. The highest BCUT2D eigenvalue weighted by atomic mass is 35.5. The molecule has 35 heavy (non-hydrogen) atoms. The summed E-state index contributed by atoms with van der Waals surface area (Å²) in [5.74, 6) is 0.0404. The van der Waals surface area contributed by atoms with Crippen LogP contribution in [0.15, 0.2) is 42.5 Å². The average molecular weight is 499 g/mol. The molecule has 1 heterocycles. The standard InChI is InChI=1S/C27H35ClN4O3/c1-6-14-30(27(35)29-26-22(18(2)3)8-7-9-23(26)19(4)5)15-24(33)31-16-25(34)32(17-31)21-12-10-20(28)11-13-21/h7-13,18-19H,6,14-17H2,1-5H3,(H,29,35). The Labute approximate surface area is 213 Å². The van der Waals surface area contributed by atoms with Crippen molar-refractivity contribution in [3.8, 4) is 0 Å². The van der Waals surface area contributed by atoms with Crippen LogP contribution < -0.4 is 10.2 Å². The highest BCUT2D eigenvalue weighted by Gasteiger charge is 2.33. The summed E-state index contributed by atoms with van der Waals surface area (Å²) < 4.78 is 0. The summed E-state index contributed by atoms with van der Waals surface area (Å²) in [6, 6.07) is 12.7. The van der Waals surface area contributed by atoms with E-state index in [4.69, 9.17) is 11.6 Å². The number of nitrogens with one attached hydrogen (secondary N) is 1. The highest BCUT2D eigenvalue weighted by Crippen LogP contribution is 2.32. The molecule has 188 valence electrons. The monoisotopic (exact) mass is 498 g/mol. The summed E-state index contributed by atoms with van der Waals surface area (Å²) in [6.45, 7) is 10.8. The third kappa shape index (κ3) is 6.34. The fraction of sp³-hybridized carbons (Fsp3) is 0.444. The molecule has 0 spiro atoms. The zero-order valence-corrected chi connectivity index (χ0v) is 21.9. The molecule has 0 aromatic heterocycles. The van der Waals surface area contributed by atoms with Crippen molar-refractivity contribution >= 4 is 40.8 Å². The number of anilines is 2. The Morgan fingerprint density at radius 3 is 2.17 bits per heavy atom. The van der Waals surface area contributed by atoms with E-state index in [-0.39, 0.29) is 49.4 Å². The van der Waals surface area contributed by atoms with Gasteiger partial charge in [0.15, 0.2) is 0 Å². The smallest absolute Gasteiger partial charge is 0.315 e. The van der Waals surface area contributed by atoms with Crippen LogP contribution in [0.4, 0.5) is 16.2 Å². The van der Waals surface area contributed by atoms with Gasteiger partial charge in [-0.25, -0.2) is 4.79 Å². The van der Waals surface area contributed by atoms with Crippen LogP contribution in [0.2, 0.25) is 5.02 Å². The summed E-state index contributed by atoms with van der Waals surface area (Å²) in [4.78, 5) is 43.6. The molecule has 0 saturated carbocycles. The molecule has 2 aromatic rings. The number of nitrogens with zero attached hydrogens (tertiary/aromatic N) is 3. The van der Waals surface area contributed by atoms with Crippen molar-refractivity contribution in [3.05, 3.63) is 58.6 Å². The Hall–Kier alpha value is -3.06. The maximum atomic E-state index is 13.3. The lowest BCUT2D eigenvalue weighted by Gasteiger charge is -2.27. The predicted octanol–water partition coefficient (Wildman–Crippen LogP) is 5.66. The first kappa shape index (κ1) is 26.5. The molecular weight excluding hydrogens is 464 g/mol. The van der Waals surface area contributed by atoms with Crippen molar-refractivity contribution in [2.75, 3.05) is 36.5 Å². The zero-order chi connectivity index (χ0) is 25.7. The number of urea groups is 1. The van der Waals surface area contributed by atoms with Crippen molar-refractivity contribution in [2.24, 2.45) is 0 Å². The van der Waals surface area contributed by atoms with Crippen LogP contribution in [0, 0.1) is 0 Å². The topological polar surface area (TPSA) is 73.0 Å². The molecule has 1 aliphatic rings. The van der Waals surface area contributed by atoms with Gasteiger partial charge in [-0.05, 0) is 53.6 Å². The van der Waals surface area contributed by atoms with Crippen LogP contribution >= 0.6 is 11.6 Å². The molecule has 0 unspecified atom stereocenters. The lowest BCUT2D eigenvalue weighted by atomic mass is 9.93. The normalized spacial score (nSPS) is 13.7. The predicted molar refractivity (Wildman–Crippen MR) is 141 cm³/mol. The molecule has 7 nitrogen and oxygen atoms in total. The number of rotatable bonds is 8. The van der Waals surface area contributed by atoms with Gasteiger partial charge in [-0.2, -0.15) is 0 Å². The van der Waals surface area contributed by atoms with Gasteiger partial charge < -0.3 is 15.1 Å². The van der Waals surface area contributed by atoms with Crippen LogP contribution in [0.1, 0.15) is 64.0 Å². The molecule has 0 radical (unpaired) electrons. The average Bonchev–Trinajstić information content (AvgIpc) is 3.20. The maximum Gasteiger partial charge on any atom is 0.322 e. The molecular formula is C27H35ClN4O3. The van der Waals surface area contributed by atoms with E-state index in [1.807, 2.05) is 25.1 Å². The molecule has 1 N–H and O–H groups in total. The number of para-hydroxylation sites is 1. The zero-order valence-electron chi connectivity index (χ0n) is 21.2. The van der Waals surface area contributed by atoms with Crippen molar-refractivity contribution in [1.82, 2.24) is 9.80 Å². The van der Waals surface area contributed by atoms with E-state index in [0.29, 0.717) is 23.7 Å². The van der Waals surface area contributed by atoms with E-state index in [0.717, 1.165) is 16.8 Å². The summed E-state index contributed by atoms with van der Waals surface area (Å²) in [5.41, 5.74) is 3.64. The van der Waals surface area contributed by atoms with Gasteiger partial charge in [0, 0.05) is 22.9 Å². The SMILES string of the molecule is CCCN(CC(=O)N1CC(=O)N(c2ccc(Cl)cc2)C1)C(=O)Nc1c(C(C)C)cccc1C(C)C. The van der Waals surface area contributed by atoms with Crippen molar-refractivity contribution in [3.63, 3.8) is 0 Å². The van der Waals surface area contributed by atoms with Gasteiger partial charge in [-0.1, -0.05) is 64.4 Å². The van der Waals surface area contributed by atoms with Gasteiger partial charge in [-0.15, -0.1) is 0 Å². The molecule has 1 saturated heterocycles. The van der Waals surface area contributed by atoms with Gasteiger partial charge >= 0.3 is 6.03 Å². The van der Waals surface area contributed by atoms with Crippen molar-refractivity contribution in [1.29, 1.82) is 0 Å². The molecule has 0 atom stereocenters. The van der Waals surface area contributed by atoms with E-state index < -0.39 is 0 Å². The largest absolute Gasteiger partial charge is 0.322 e. The Morgan fingerprint density at radius 1 is 1.03 bits per heavy atom. The van der Waals surface area contributed by atoms with E-state index in [9.17, 15) is 14.4 Å². The van der Waals surface area contributed by atoms with Gasteiger partial charge in [0.2, 0.25) is 11.8 Å². The second kappa shape index (κ2) is 11.6. The number of hydrogen-bond donors (Lipinski definition) is 1. The molecule has 4 amide bonds. The third-order valence-electron chi connectivity index (χ3n) is 6.14. The van der Waals surface area contributed by atoms with E-state index >= 15 is 0 Å². The summed E-state index contributed by atoms with van der Waals surface area (Å²) in [5, 5.41) is 3.68. The lowest BCUT2D eigenvalue weighted by molar-refractivity contribution is -0.132. The van der Waals surface area contributed by atoms with Gasteiger partial charge in [0.25, 0.3) is 0 Å². The first-order valence-corrected chi connectivity index (χ1v) is 12.5. The minimum Gasteiger partial charge on any atom is -0.315 e. The van der Waals surface area contributed by atoms with Crippen LogP contribution in [-0.2, 0) is 9.59 Å². The minimum absolute atomic E-state index is 0.0171. The molecule has 0 aliphatic carbocycles. The molecule has 1 aliphatic heterocycles. The number of carbonyl (C=O) groups is 3. The summed E-state index contributed by atoms with van der Waals surface area (Å²) >= 11 is 5.95. The Balaban J connectivity index is 1.74. The van der Waals surface area contributed by atoms with Crippen LogP contribution in [-0.4, -0.2) is 53.9 Å². The maximum absolute atomic E-state index is 13.3. The molecule has 2 aromatic carbocycles. The quantitative estimate of drug-likeness (QED) is 0.510. The van der Waals surface area contributed by atoms with Crippen LogP contribution in [0.3, 0.4) is 0 Å². The number of halogens is 1. The fourth-order valence-electron chi connectivity index (χ4n) is 4.23. The van der Waals surface area contributed by atoms with E-state index in [1.165, 1.54) is 9.80 Å². The first-order chi connectivity index (χ1) is 16.6. The Bertz CT molecular complexity index is 1040. The van der Waals surface area contributed by atoms with Gasteiger partial charge in [0.1, 0.15) is 19.8 Å². The number of hydrogen-bond acceptors (Lipinski definition) is 3. The number of carbonyl (C=O) groups excluding carboxylic acids is 3. The Kier molecular flexibility index (Phi) is 8.78. The molecule has 8 heteroatoms. The molecule has 3 rings (SSSR count). The molecule has 1 fully saturated rings. The first-order valence-electron chi connectivity index (χ1n) is 12.1. The minimum atomic E-state index is -0.310. The fourth-order valence-corrected chi connectivity index (χ4v) is 4.35. The Morgan fingerprint density at radius 2 is 1.63 bits per heavy atom. The second-order valence-electron chi connectivity index (χ2n) is 9.50. The summed E-state index contributed by atoms with van der Waals surface area (Å²) in [6.07, 6.45) is 0.708. The second-order valence-corrected chi connectivity index (χ2v) is 9.94.